The average Bonchev–Trinajstić information content (AvgIpc) is 2.64. The van der Waals surface area contributed by atoms with Gasteiger partial charge in [0.15, 0.2) is 6.23 Å². The van der Waals surface area contributed by atoms with Gasteiger partial charge in [-0.15, -0.1) is 0 Å². The van der Waals surface area contributed by atoms with Crippen molar-refractivity contribution in [2.24, 2.45) is 5.73 Å². The number of aromatic amines is 1. The number of nitrogens with two attached hydrogens (primary N) is 1. The summed E-state index contributed by atoms with van der Waals surface area (Å²) in [5.41, 5.74) is 4.32. The van der Waals surface area contributed by atoms with E-state index in [0.717, 1.165) is 16.8 Å². The van der Waals surface area contributed by atoms with Crippen LogP contribution in [0.1, 0.15) is 6.23 Å². The van der Waals surface area contributed by atoms with Crippen LogP contribution in [0.2, 0.25) is 0 Å². The third-order valence-corrected chi connectivity index (χ3v) is 3.44. The van der Waals surface area contributed by atoms with Crippen LogP contribution in [0.25, 0.3) is 0 Å². The quantitative estimate of drug-likeness (QED) is 0.367. The molecule has 21 heavy (non-hydrogen) atoms. The van der Waals surface area contributed by atoms with Crippen molar-refractivity contribution in [2.45, 2.75) is 24.5 Å². The van der Waals surface area contributed by atoms with Crippen molar-refractivity contribution in [3.8, 4) is 0 Å². The summed E-state index contributed by atoms with van der Waals surface area (Å²) in [5, 5.41) is 9.86. The maximum absolute atomic E-state index is 11.6. The van der Waals surface area contributed by atoms with E-state index in [-0.39, 0.29) is 0 Å². The summed E-state index contributed by atoms with van der Waals surface area (Å²) in [5.74, 6) is 0. The highest BCUT2D eigenvalue weighted by Crippen LogP contribution is 2.37. The van der Waals surface area contributed by atoms with Gasteiger partial charge < -0.3 is 25.4 Å². The molecule has 2 heterocycles. The fourth-order valence-electron chi connectivity index (χ4n) is 1.95. The van der Waals surface area contributed by atoms with Crippen molar-refractivity contribution in [2.75, 3.05) is 6.61 Å². The third kappa shape index (κ3) is 3.66. The van der Waals surface area contributed by atoms with Crippen molar-refractivity contribution < 1.29 is 28.7 Å². The molecule has 4 atom stereocenters. The number of aliphatic hydroxyl groups is 1. The van der Waals surface area contributed by atoms with Crippen LogP contribution in [0, 0.1) is 0 Å². The predicted molar refractivity (Wildman–Crippen MR) is 67.2 cm³/mol. The van der Waals surface area contributed by atoms with Crippen LogP contribution < -0.4 is 17.0 Å². The van der Waals surface area contributed by atoms with Crippen molar-refractivity contribution in [1.29, 1.82) is 0 Å². The molecule has 2 rings (SSSR count). The minimum atomic E-state index is -4.72. The first kappa shape index (κ1) is 16.0. The van der Waals surface area contributed by atoms with Crippen molar-refractivity contribution in [1.82, 2.24) is 9.55 Å². The number of phosphoric acid groups is 1. The van der Waals surface area contributed by atoms with E-state index >= 15 is 0 Å². The molecule has 1 aliphatic rings. The largest absolute Gasteiger partial charge is 0.469 e. The Bertz CT molecular complexity index is 665. The zero-order valence-electron chi connectivity index (χ0n) is 10.5. The summed E-state index contributed by atoms with van der Waals surface area (Å²) in [7, 11) is -4.72. The highest BCUT2D eigenvalue weighted by atomic mass is 31.2. The van der Waals surface area contributed by atoms with Gasteiger partial charge in [0.05, 0.1) is 12.6 Å². The number of hydrogen-bond acceptors (Lipinski definition) is 7. The minimum Gasteiger partial charge on any atom is -0.389 e. The molecule has 0 saturated carbocycles. The molecular weight excluding hydrogens is 309 g/mol. The lowest BCUT2D eigenvalue weighted by molar-refractivity contribution is -0.0456. The molecule has 1 aliphatic heterocycles. The fraction of sp³-hybridized carbons (Fsp3) is 0.556. The number of aromatic nitrogens is 2. The first-order chi connectivity index (χ1) is 9.69. The molecule has 6 N–H and O–H groups in total. The molecule has 0 radical (unpaired) electrons. The molecule has 1 saturated heterocycles. The Morgan fingerprint density at radius 2 is 2.14 bits per heavy atom. The van der Waals surface area contributed by atoms with E-state index in [1.54, 1.807) is 0 Å². The number of phosphoric ester groups is 1. The third-order valence-electron chi connectivity index (χ3n) is 2.95. The number of nitrogens with one attached hydrogen (secondary N) is 1. The number of ether oxygens (including phenoxy) is 1. The second-order valence-electron chi connectivity index (χ2n) is 4.44. The summed E-state index contributed by atoms with van der Waals surface area (Å²) in [6.07, 6.45) is -2.39. The second kappa shape index (κ2) is 5.81. The maximum atomic E-state index is 11.6. The van der Waals surface area contributed by atoms with Crippen LogP contribution >= 0.6 is 7.82 Å². The van der Waals surface area contributed by atoms with Crippen molar-refractivity contribution >= 4 is 7.82 Å². The van der Waals surface area contributed by atoms with Gasteiger partial charge in [-0.2, -0.15) is 0 Å². The Labute approximate surface area is 117 Å². The average molecular weight is 323 g/mol. The van der Waals surface area contributed by atoms with Gasteiger partial charge in [0.2, 0.25) is 0 Å². The Morgan fingerprint density at radius 3 is 2.71 bits per heavy atom. The molecule has 12 heteroatoms. The van der Waals surface area contributed by atoms with Gasteiger partial charge in [-0.05, 0) is 0 Å². The summed E-state index contributed by atoms with van der Waals surface area (Å²) < 4.78 is 21.1. The number of rotatable bonds is 4. The minimum absolute atomic E-state index is 0.603. The van der Waals surface area contributed by atoms with E-state index in [9.17, 15) is 19.3 Å². The lowest BCUT2D eigenvalue weighted by Crippen LogP contribution is -2.42. The molecule has 0 bridgehead atoms. The van der Waals surface area contributed by atoms with E-state index in [1.165, 1.54) is 0 Å². The fourth-order valence-corrected chi connectivity index (χ4v) is 2.30. The molecular formula is C9H14N3O8P. The standard InChI is InChI=1S/C9H14N3O8P/c10-6-7(14)4(3-19-21(16,17)18)20-8(6)12-2-1-5(13)11-9(12)15/h1-2,4,6-8,14H,3,10H2,(H,11,13,15)(H2,16,17,18)/t4-,6-,7-,8-/m1/s1. The SMILES string of the molecule is N[C@@H]1[C@H](O)[C@@H](COP(=O)(O)O)O[C@H]1n1ccc(=O)[nH]c1=O. The Kier molecular flexibility index (Phi) is 4.44. The number of H-pyrrole nitrogens is 1. The van der Waals surface area contributed by atoms with E-state index in [1.807, 2.05) is 4.98 Å². The van der Waals surface area contributed by atoms with Gasteiger partial charge in [0.1, 0.15) is 12.2 Å². The summed E-state index contributed by atoms with van der Waals surface area (Å²) in [6.45, 7) is -0.603. The second-order valence-corrected chi connectivity index (χ2v) is 5.68. The smallest absolute Gasteiger partial charge is 0.389 e. The molecule has 1 fully saturated rings. The van der Waals surface area contributed by atoms with E-state index in [4.69, 9.17) is 20.3 Å². The molecule has 1 aromatic heterocycles. The number of nitrogens with zero attached hydrogens (tertiary/aromatic N) is 1. The van der Waals surface area contributed by atoms with Crippen LogP contribution in [-0.2, 0) is 13.8 Å². The van der Waals surface area contributed by atoms with Gasteiger partial charge in [0.25, 0.3) is 5.56 Å². The molecule has 0 aromatic carbocycles. The molecule has 0 amide bonds. The Balaban J connectivity index is 2.18. The highest BCUT2D eigenvalue weighted by Gasteiger charge is 2.43. The van der Waals surface area contributed by atoms with Crippen LogP contribution in [0.4, 0.5) is 0 Å². The van der Waals surface area contributed by atoms with Gasteiger partial charge in [-0.3, -0.25) is 18.9 Å². The van der Waals surface area contributed by atoms with E-state index < -0.39 is 50.2 Å². The lowest BCUT2D eigenvalue weighted by Gasteiger charge is -2.17. The van der Waals surface area contributed by atoms with E-state index in [2.05, 4.69) is 4.52 Å². The molecule has 0 aliphatic carbocycles. The Morgan fingerprint density at radius 1 is 1.48 bits per heavy atom. The van der Waals surface area contributed by atoms with Crippen LogP contribution in [0.15, 0.2) is 21.9 Å². The topological polar surface area (TPSA) is 177 Å². The van der Waals surface area contributed by atoms with E-state index in [0.29, 0.717) is 0 Å². The first-order valence-electron chi connectivity index (χ1n) is 5.80. The van der Waals surface area contributed by atoms with Crippen LogP contribution in [-0.4, -0.2) is 49.3 Å². The van der Waals surface area contributed by atoms with Gasteiger partial charge in [-0.25, -0.2) is 9.36 Å². The molecule has 11 nitrogen and oxygen atoms in total. The molecule has 0 spiro atoms. The number of aliphatic hydroxyl groups excluding tert-OH is 1. The zero-order valence-corrected chi connectivity index (χ0v) is 11.4. The van der Waals surface area contributed by atoms with Gasteiger partial charge >= 0.3 is 13.5 Å². The van der Waals surface area contributed by atoms with Gasteiger partial charge in [0, 0.05) is 12.3 Å². The van der Waals surface area contributed by atoms with Crippen molar-refractivity contribution in [3.05, 3.63) is 33.1 Å². The summed E-state index contributed by atoms with van der Waals surface area (Å²) in [4.78, 5) is 41.8. The number of hydrogen-bond donors (Lipinski definition) is 5. The Hall–Kier alpha value is -1.33. The zero-order chi connectivity index (χ0) is 15.8. The van der Waals surface area contributed by atoms with Crippen LogP contribution in [0.3, 0.4) is 0 Å². The monoisotopic (exact) mass is 323 g/mol. The first-order valence-corrected chi connectivity index (χ1v) is 7.33. The predicted octanol–water partition coefficient (Wildman–Crippen LogP) is -2.77. The normalized spacial score (nSPS) is 29.7. The van der Waals surface area contributed by atoms with Crippen LogP contribution in [0.5, 0.6) is 0 Å². The maximum Gasteiger partial charge on any atom is 0.469 e. The highest BCUT2D eigenvalue weighted by molar-refractivity contribution is 7.46. The lowest BCUT2D eigenvalue weighted by atomic mass is 10.1. The van der Waals surface area contributed by atoms with Crippen molar-refractivity contribution in [3.63, 3.8) is 0 Å². The molecule has 118 valence electrons. The molecule has 0 unspecified atom stereocenters. The molecule has 1 aromatic rings. The van der Waals surface area contributed by atoms with Gasteiger partial charge in [-0.1, -0.05) is 0 Å². The summed E-state index contributed by atoms with van der Waals surface area (Å²) in [6, 6.07) is 0.0301. The summed E-state index contributed by atoms with van der Waals surface area (Å²) >= 11 is 0.